The molecule has 0 aliphatic heterocycles. The van der Waals surface area contributed by atoms with Gasteiger partial charge in [-0.3, -0.25) is 10.2 Å². The van der Waals surface area contributed by atoms with Crippen LogP contribution in [0.3, 0.4) is 0 Å². The Hall–Kier alpha value is -1.79. The first-order valence-corrected chi connectivity index (χ1v) is 6.79. The number of halogens is 1. The van der Waals surface area contributed by atoms with E-state index in [1.54, 1.807) is 13.0 Å². The van der Waals surface area contributed by atoms with Crippen LogP contribution in [0.25, 0.3) is 0 Å². The molecule has 2 rings (SSSR count). The Morgan fingerprint density at radius 3 is 2.80 bits per heavy atom. The smallest absolute Gasteiger partial charge is 0.268 e. The molecule has 1 heterocycles. The molecular weight excluding hydrogens is 324 g/mol. The number of nitrogens with one attached hydrogen (secondary N) is 1. The molecule has 20 heavy (non-hydrogen) atoms. The van der Waals surface area contributed by atoms with Crippen molar-refractivity contribution in [3.63, 3.8) is 0 Å². The van der Waals surface area contributed by atoms with Crippen LogP contribution in [0.4, 0.5) is 0 Å². The second-order valence-electron chi connectivity index (χ2n) is 4.35. The molecule has 0 bridgehead atoms. The fourth-order valence-corrected chi connectivity index (χ4v) is 2.32. The predicted molar refractivity (Wildman–Crippen MR) is 78.3 cm³/mol. The molecule has 3 N–H and O–H groups in total. The van der Waals surface area contributed by atoms with E-state index in [-0.39, 0.29) is 12.5 Å². The fraction of sp³-hybridized carbons (Fsp3) is 0.214. The van der Waals surface area contributed by atoms with Crippen molar-refractivity contribution in [1.82, 2.24) is 5.43 Å². The average Bonchev–Trinajstić information content (AvgIpc) is 2.78. The summed E-state index contributed by atoms with van der Waals surface area (Å²) in [5, 5.41) is 0. The van der Waals surface area contributed by atoms with Gasteiger partial charge in [0.25, 0.3) is 5.91 Å². The van der Waals surface area contributed by atoms with Gasteiger partial charge in [0.1, 0.15) is 23.9 Å². The van der Waals surface area contributed by atoms with Gasteiger partial charge in [0, 0.05) is 4.47 Å². The normalized spacial score (nSPS) is 10.4. The monoisotopic (exact) mass is 338 g/mol. The van der Waals surface area contributed by atoms with Gasteiger partial charge >= 0.3 is 0 Å². The van der Waals surface area contributed by atoms with Crippen LogP contribution in [0.1, 0.15) is 27.4 Å². The second-order valence-corrected chi connectivity index (χ2v) is 5.27. The molecule has 0 unspecified atom stereocenters. The first kappa shape index (κ1) is 14.6. The summed E-state index contributed by atoms with van der Waals surface area (Å²) in [5.74, 6) is 6.58. The number of nitrogen functional groups attached to an aromatic ring is 1. The summed E-state index contributed by atoms with van der Waals surface area (Å²) in [6.45, 7) is 3.92. The van der Waals surface area contributed by atoms with E-state index in [0.29, 0.717) is 17.1 Å². The van der Waals surface area contributed by atoms with Crippen LogP contribution in [-0.4, -0.2) is 5.91 Å². The molecule has 0 saturated carbocycles. The summed E-state index contributed by atoms with van der Waals surface area (Å²) in [6.07, 6.45) is 0. The molecule has 1 aromatic carbocycles. The Balaban J connectivity index is 2.09. The number of hydrogen-bond donors (Lipinski definition) is 2. The number of carbonyl (C=O) groups excluding carboxylic acids is 1. The summed E-state index contributed by atoms with van der Waals surface area (Å²) in [4.78, 5) is 11.5. The molecule has 0 aliphatic rings. The van der Waals surface area contributed by atoms with Gasteiger partial charge < -0.3 is 9.15 Å². The fourth-order valence-electron chi connectivity index (χ4n) is 1.84. The highest BCUT2D eigenvalue weighted by Gasteiger charge is 2.14. The van der Waals surface area contributed by atoms with Crippen molar-refractivity contribution >= 4 is 21.8 Å². The van der Waals surface area contributed by atoms with Gasteiger partial charge in [-0.05, 0) is 43.7 Å². The van der Waals surface area contributed by atoms with Crippen LogP contribution in [0.5, 0.6) is 5.75 Å². The molecule has 1 amide bonds. The summed E-state index contributed by atoms with van der Waals surface area (Å²) in [7, 11) is 0. The topological polar surface area (TPSA) is 77.5 Å². The van der Waals surface area contributed by atoms with Crippen molar-refractivity contribution in [2.75, 3.05) is 0 Å². The molecule has 0 aliphatic carbocycles. The molecule has 0 radical (unpaired) electrons. The molecule has 106 valence electrons. The molecule has 2 aromatic rings. The predicted octanol–water partition coefficient (Wildman–Crippen LogP) is 2.84. The summed E-state index contributed by atoms with van der Waals surface area (Å²) in [5.41, 5.74) is 3.51. The van der Waals surface area contributed by atoms with Gasteiger partial charge in [-0.2, -0.15) is 0 Å². The first-order chi connectivity index (χ1) is 9.51. The van der Waals surface area contributed by atoms with Gasteiger partial charge in [0.15, 0.2) is 0 Å². The third kappa shape index (κ3) is 3.20. The Bertz CT molecular complexity index is 637. The van der Waals surface area contributed by atoms with E-state index >= 15 is 0 Å². The van der Waals surface area contributed by atoms with Crippen LogP contribution in [0.2, 0.25) is 0 Å². The lowest BCUT2D eigenvalue weighted by Gasteiger charge is -2.07. The van der Waals surface area contributed by atoms with Gasteiger partial charge in [0.2, 0.25) is 0 Å². The van der Waals surface area contributed by atoms with Crippen LogP contribution >= 0.6 is 15.9 Å². The number of nitrogens with two attached hydrogens (primary N) is 1. The number of hydrazine groups is 1. The molecule has 0 spiro atoms. The van der Waals surface area contributed by atoms with Crippen LogP contribution < -0.4 is 16.0 Å². The van der Waals surface area contributed by atoms with E-state index < -0.39 is 0 Å². The van der Waals surface area contributed by atoms with Crippen LogP contribution in [0, 0.1) is 13.8 Å². The minimum atomic E-state index is -0.377. The van der Waals surface area contributed by atoms with Crippen LogP contribution in [0.15, 0.2) is 33.2 Å². The minimum absolute atomic E-state index is 0.251. The molecule has 0 atom stereocenters. The van der Waals surface area contributed by atoms with Crippen molar-refractivity contribution < 1.29 is 13.9 Å². The lowest BCUT2D eigenvalue weighted by Crippen LogP contribution is -2.30. The Morgan fingerprint density at radius 2 is 2.15 bits per heavy atom. The SMILES string of the molecule is Cc1cc(Br)ccc1OCc1cc(C(=O)NN)c(C)o1. The zero-order chi connectivity index (χ0) is 14.7. The summed E-state index contributed by atoms with van der Waals surface area (Å²) < 4.78 is 12.2. The van der Waals surface area contributed by atoms with Gasteiger partial charge in [-0.15, -0.1) is 0 Å². The van der Waals surface area contributed by atoms with Crippen molar-refractivity contribution in [3.05, 3.63) is 51.4 Å². The number of hydrogen-bond acceptors (Lipinski definition) is 4. The highest BCUT2D eigenvalue weighted by Crippen LogP contribution is 2.24. The average molecular weight is 339 g/mol. The summed E-state index contributed by atoms with van der Waals surface area (Å²) in [6, 6.07) is 7.38. The van der Waals surface area contributed by atoms with E-state index in [1.807, 2.05) is 25.1 Å². The quantitative estimate of drug-likeness (QED) is 0.510. The molecule has 5 nitrogen and oxygen atoms in total. The highest BCUT2D eigenvalue weighted by molar-refractivity contribution is 9.10. The maximum Gasteiger partial charge on any atom is 0.268 e. The standard InChI is InChI=1S/C14H15BrN2O3/c1-8-5-10(15)3-4-13(8)19-7-11-6-12(9(2)20-11)14(18)17-16/h3-6H,7,16H2,1-2H3,(H,17,18). The number of ether oxygens (including phenoxy) is 1. The van der Waals surface area contributed by atoms with Crippen molar-refractivity contribution in [1.29, 1.82) is 0 Å². The van der Waals surface area contributed by atoms with E-state index in [9.17, 15) is 4.79 Å². The maximum absolute atomic E-state index is 11.5. The minimum Gasteiger partial charge on any atom is -0.485 e. The van der Waals surface area contributed by atoms with Crippen molar-refractivity contribution in [3.8, 4) is 5.75 Å². The number of amides is 1. The third-order valence-corrected chi connectivity index (χ3v) is 3.34. The zero-order valence-electron chi connectivity index (χ0n) is 11.2. The molecule has 1 aromatic heterocycles. The van der Waals surface area contributed by atoms with Crippen LogP contribution in [-0.2, 0) is 6.61 Å². The largest absolute Gasteiger partial charge is 0.485 e. The van der Waals surface area contributed by atoms with E-state index in [0.717, 1.165) is 15.8 Å². The van der Waals surface area contributed by atoms with Gasteiger partial charge in [-0.25, -0.2) is 5.84 Å². The number of rotatable bonds is 4. The Morgan fingerprint density at radius 1 is 1.40 bits per heavy atom. The second kappa shape index (κ2) is 6.11. The van der Waals surface area contributed by atoms with Gasteiger partial charge in [-0.1, -0.05) is 15.9 Å². The number of benzene rings is 1. The zero-order valence-corrected chi connectivity index (χ0v) is 12.8. The number of furan rings is 1. The molecule has 0 fully saturated rings. The Labute approximate surface area is 125 Å². The first-order valence-electron chi connectivity index (χ1n) is 6.00. The lowest BCUT2D eigenvalue weighted by atomic mass is 10.2. The van der Waals surface area contributed by atoms with E-state index in [2.05, 4.69) is 21.4 Å². The summed E-state index contributed by atoms with van der Waals surface area (Å²) >= 11 is 3.40. The van der Waals surface area contributed by atoms with E-state index in [1.165, 1.54) is 0 Å². The molecular formula is C14H15BrN2O3. The van der Waals surface area contributed by atoms with Gasteiger partial charge in [0.05, 0.1) is 5.56 Å². The molecule has 6 heteroatoms. The maximum atomic E-state index is 11.5. The van der Waals surface area contributed by atoms with E-state index in [4.69, 9.17) is 15.0 Å². The van der Waals surface area contributed by atoms with Crippen molar-refractivity contribution in [2.24, 2.45) is 5.84 Å². The lowest BCUT2D eigenvalue weighted by molar-refractivity contribution is 0.0952. The number of carbonyl (C=O) groups is 1. The third-order valence-electron chi connectivity index (χ3n) is 2.85. The van der Waals surface area contributed by atoms with Crippen molar-refractivity contribution in [2.45, 2.75) is 20.5 Å². The molecule has 0 saturated heterocycles. The highest BCUT2D eigenvalue weighted by atomic mass is 79.9. The number of aryl methyl sites for hydroxylation is 2. The Kier molecular flexibility index (Phi) is 4.46.